The van der Waals surface area contributed by atoms with Crippen LogP contribution in [0.5, 0.6) is 0 Å². The zero-order chi connectivity index (χ0) is 27.0. The summed E-state index contributed by atoms with van der Waals surface area (Å²) >= 11 is 0. The lowest BCUT2D eigenvalue weighted by Gasteiger charge is -2.28. The molecular weight excluding hydrogens is 500 g/mol. The minimum absolute atomic E-state index is 0.0694. The van der Waals surface area contributed by atoms with E-state index in [4.69, 9.17) is 4.98 Å². The third-order valence-electron chi connectivity index (χ3n) is 7.15. The van der Waals surface area contributed by atoms with Crippen molar-refractivity contribution in [3.05, 3.63) is 60.7 Å². The summed E-state index contributed by atoms with van der Waals surface area (Å²) in [6, 6.07) is 11.5. The van der Waals surface area contributed by atoms with Gasteiger partial charge in [-0.3, -0.25) is 9.88 Å². The summed E-state index contributed by atoms with van der Waals surface area (Å²) in [5.74, 6) is -1.46. The van der Waals surface area contributed by atoms with Gasteiger partial charge >= 0.3 is 12.2 Å². The average molecular weight is 529 g/mol. The summed E-state index contributed by atoms with van der Waals surface area (Å²) in [6.45, 7) is 2.88. The number of fused-ring (bicyclic) bond motifs is 1. The average Bonchev–Trinajstić information content (AvgIpc) is 3.35. The van der Waals surface area contributed by atoms with Crippen LogP contribution in [0.2, 0.25) is 0 Å². The van der Waals surface area contributed by atoms with Gasteiger partial charge in [0.1, 0.15) is 5.82 Å². The number of alkyl halides is 3. The van der Waals surface area contributed by atoms with Crippen LogP contribution in [0.15, 0.2) is 54.9 Å². The molecule has 2 aliphatic heterocycles. The lowest BCUT2D eigenvalue weighted by Crippen LogP contribution is -2.42. The van der Waals surface area contributed by atoms with Crippen LogP contribution >= 0.6 is 0 Å². The highest BCUT2D eigenvalue weighted by Crippen LogP contribution is 2.38. The van der Waals surface area contributed by atoms with Crippen molar-refractivity contribution in [2.45, 2.75) is 32.0 Å². The molecule has 4 heterocycles. The maximum atomic E-state index is 13.7. The van der Waals surface area contributed by atoms with E-state index in [2.05, 4.69) is 10.3 Å². The van der Waals surface area contributed by atoms with Crippen molar-refractivity contribution in [2.75, 3.05) is 46.7 Å². The number of rotatable bonds is 3. The molecule has 5 rings (SSSR count). The van der Waals surface area contributed by atoms with E-state index in [1.807, 2.05) is 43.1 Å². The van der Waals surface area contributed by atoms with Crippen molar-refractivity contribution >= 4 is 28.9 Å². The predicted octanol–water partition coefficient (Wildman–Crippen LogP) is 5.94. The molecule has 2 aliphatic rings. The highest BCUT2D eigenvalue weighted by Gasteiger charge is 2.43. The number of aromatic nitrogens is 2. The number of hydrogen-bond donors (Lipinski definition) is 1. The SMILES string of the molecule is C[C@@H]1CCN(C)c2ccc(-c3cccc(N4CCC(C(F)(F)F)C4)c3)nc2N1C(=O)Nc1cncc(F)c1. The predicted molar refractivity (Wildman–Crippen MR) is 139 cm³/mol. The zero-order valence-corrected chi connectivity index (χ0v) is 21.0. The number of urea groups is 1. The first-order valence-corrected chi connectivity index (χ1v) is 12.4. The third kappa shape index (κ3) is 5.23. The van der Waals surface area contributed by atoms with Gasteiger partial charge in [-0.05, 0) is 44.0 Å². The van der Waals surface area contributed by atoms with Crippen LogP contribution in [-0.2, 0) is 0 Å². The quantitative estimate of drug-likeness (QED) is 0.427. The van der Waals surface area contributed by atoms with Gasteiger partial charge in [0.15, 0.2) is 5.82 Å². The van der Waals surface area contributed by atoms with Crippen LogP contribution in [0, 0.1) is 11.7 Å². The first-order chi connectivity index (χ1) is 18.1. The van der Waals surface area contributed by atoms with E-state index < -0.39 is 23.9 Å². The number of benzene rings is 1. The molecule has 1 saturated heterocycles. The maximum Gasteiger partial charge on any atom is 0.393 e. The van der Waals surface area contributed by atoms with Crippen LogP contribution in [0.25, 0.3) is 11.3 Å². The highest BCUT2D eigenvalue weighted by molar-refractivity contribution is 6.03. The molecule has 2 amide bonds. The molecule has 1 fully saturated rings. The number of anilines is 4. The van der Waals surface area contributed by atoms with E-state index in [-0.39, 0.29) is 24.7 Å². The van der Waals surface area contributed by atoms with Gasteiger partial charge in [0.25, 0.3) is 0 Å². The van der Waals surface area contributed by atoms with Gasteiger partial charge in [-0.1, -0.05) is 12.1 Å². The molecular formula is C27H28F4N6O. The minimum atomic E-state index is -4.21. The molecule has 38 heavy (non-hydrogen) atoms. The zero-order valence-electron chi connectivity index (χ0n) is 21.0. The summed E-state index contributed by atoms with van der Waals surface area (Å²) in [4.78, 5) is 27.4. The van der Waals surface area contributed by atoms with Crippen molar-refractivity contribution in [1.82, 2.24) is 9.97 Å². The molecule has 7 nitrogen and oxygen atoms in total. The van der Waals surface area contributed by atoms with E-state index >= 15 is 0 Å². The van der Waals surface area contributed by atoms with Gasteiger partial charge in [0, 0.05) is 50.0 Å². The second kappa shape index (κ2) is 10.1. The fourth-order valence-corrected chi connectivity index (χ4v) is 5.00. The molecule has 0 aliphatic carbocycles. The molecule has 1 N–H and O–H groups in total. The van der Waals surface area contributed by atoms with E-state index in [0.717, 1.165) is 17.4 Å². The summed E-state index contributed by atoms with van der Waals surface area (Å²) in [7, 11) is 1.93. The van der Waals surface area contributed by atoms with Crippen molar-refractivity contribution < 1.29 is 22.4 Å². The lowest BCUT2D eigenvalue weighted by atomic mass is 10.1. The lowest BCUT2D eigenvalue weighted by molar-refractivity contribution is -0.168. The normalized spacial score (nSPS) is 19.8. The summed E-state index contributed by atoms with van der Waals surface area (Å²) in [6.07, 6.45) is -1.03. The van der Waals surface area contributed by atoms with E-state index in [1.165, 1.54) is 12.3 Å². The van der Waals surface area contributed by atoms with Gasteiger partial charge in [-0.2, -0.15) is 13.2 Å². The Labute approximate surface area is 218 Å². The number of pyridine rings is 2. The van der Waals surface area contributed by atoms with Crippen LogP contribution in [0.3, 0.4) is 0 Å². The molecule has 3 aromatic rings. The Morgan fingerprint density at radius 1 is 1.08 bits per heavy atom. The number of nitrogens with zero attached hydrogens (tertiary/aromatic N) is 5. The third-order valence-corrected chi connectivity index (χ3v) is 7.15. The number of halogens is 4. The molecule has 1 aromatic carbocycles. The smallest absolute Gasteiger partial charge is 0.372 e. The largest absolute Gasteiger partial charge is 0.393 e. The maximum absolute atomic E-state index is 13.7. The molecule has 2 atom stereocenters. The number of carbonyl (C=O) groups is 1. The van der Waals surface area contributed by atoms with E-state index in [0.29, 0.717) is 36.7 Å². The fraction of sp³-hybridized carbons (Fsp3) is 0.370. The van der Waals surface area contributed by atoms with Gasteiger partial charge in [-0.15, -0.1) is 0 Å². The number of amides is 2. The monoisotopic (exact) mass is 528 g/mol. The number of hydrogen-bond acceptors (Lipinski definition) is 5. The Morgan fingerprint density at radius 2 is 1.89 bits per heavy atom. The van der Waals surface area contributed by atoms with Gasteiger partial charge in [0.2, 0.25) is 0 Å². The number of carbonyl (C=O) groups excluding carboxylic acids is 1. The second-order valence-corrected chi connectivity index (χ2v) is 9.81. The first-order valence-electron chi connectivity index (χ1n) is 12.4. The summed E-state index contributed by atoms with van der Waals surface area (Å²) in [5, 5.41) is 2.72. The second-order valence-electron chi connectivity index (χ2n) is 9.81. The molecule has 1 unspecified atom stereocenters. The van der Waals surface area contributed by atoms with Crippen LogP contribution in [-0.4, -0.2) is 54.9 Å². The van der Waals surface area contributed by atoms with Gasteiger partial charge in [-0.25, -0.2) is 14.2 Å². The van der Waals surface area contributed by atoms with Crippen LogP contribution < -0.4 is 20.0 Å². The summed E-state index contributed by atoms with van der Waals surface area (Å²) < 4.78 is 53.3. The molecule has 200 valence electrons. The number of nitrogens with one attached hydrogen (secondary N) is 1. The molecule has 11 heteroatoms. The Kier molecular flexibility index (Phi) is 6.85. The Balaban J connectivity index is 1.47. The Hall–Kier alpha value is -3.89. The molecule has 0 saturated carbocycles. The molecule has 0 radical (unpaired) electrons. The molecule has 0 bridgehead atoms. The highest BCUT2D eigenvalue weighted by atomic mass is 19.4. The standard InChI is InChI=1S/C27H28F4N6O/c1-17-8-10-35(2)24-7-6-23(34-25(24)37(17)26(38)33-21-13-20(28)14-32-15-21)18-4-3-5-22(12-18)36-11-9-19(16-36)27(29,30)31/h3-7,12-15,17,19H,8-11,16H2,1-2H3,(H,33,38)/t17-,19?/m1/s1. The van der Waals surface area contributed by atoms with E-state index in [9.17, 15) is 22.4 Å². The van der Waals surface area contributed by atoms with Crippen LogP contribution in [0.1, 0.15) is 19.8 Å². The Morgan fingerprint density at radius 3 is 2.63 bits per heavy atom. The van der Waals surface area contributed by atoms with Crippen molar-refractivity contribution in [3.8, 4) is 11.3 Å². The van der Waals surface area contributed by atoms with E-state index in [1.54, 1.807) is 21.9 Å². The molecule has 2 aromatic heterocycles. The minimum Gasteiger partial charge on any atom is -0.372 e. The summed E-state index contributed by atoms with van der Waals surface area (Å²) in [5.41, 5.74) is 3.01. The molecule has 0 spiro atoms. The first kappa shape index (κ1) is 25.7. The topological polar surface area (TPSA) is 64.6 Å². The fourth-order valence-electron chi connectivity index (χ4n) is 5.00. The Bertz CT molecular complexity index is 1330. The van der Waals surface area contributed by atoms with Crippen LogP contribution in [0.4, 0.5) is 45.2 Å². The van der Waals surface area contributed by atoms with Gasteiger partial charge < -0.3 is 15.1 Å². The van der Waals surface area contributed by atoms with Crippen molar-refractivity contribution in [2.24, 2.45) is 5.92 Å². The van der Waals surface area contributed by atoms with Gasteiger partial charge in [0.05, 0.1) is 35.4 Å². The van der Waals surface area contributed by atoms with Crippen molar-refractivity contribution in [1.29, 1.82) is 0 Å². The van der Waals surface area contributed by atoms with Crippen molar-refractivity contribution in [3.63, 3.8) is 0 Å².